The summed E-state index contributed by atoms with van der Waals surface area (Å²) in [4.78, 5) is 0. The van der Waals surface area contributed by atoms with Crippen molar-refractivity contribution >= 4 is 0 Å². The van der Waals surface area contributed by atoms with Gasteiger partial charge in [-0.15, -0.1) is 0 Å². The molecule has 0 aliphatic carbocycles. The molecule has 1 radical (unpaired) electrons. The van der Waals surface area contributed by atoms with Gasteiger partial charge in [-0.2, -0.15) is 5.10 Å². The molecule has 0 fully saturated rings. The predicted octanol–water partition coefficient (Wildman–Crippen LogP) is 1.35. The highest BCUT2D eigenvalue weighted by atomic mass is 15.3. The molecular formula is C7H11N2. The fourth-order valence-electron chi connectivity index (χ4n) is 0.728. The van der Waals surface area contributed by atoms with Gasteiger partial charge in [-0.25, -0.2) is 0 Å². The molecule has 0 aromatic carbocycles. The lowest BCUT2D eigenvalue weighted by molar-refractivity contribution is 0.518. The molecule has 1 unspecified atom stereocenters. The van der Waals surface area contributed by atoms with Gasteiger partial charge < -0.3 is 0 Å². The van der Waals surface area contributed by atoms with Crippen LogP contribution in [0.25, 0.3) is 0 Å². The van der Waals surface area contributed by atoms with Gasteiger partial charge in [0.15, 0.2) is 0 Å². The number of hydrogen-bond acceptors (Lipinski definition) is 1. The van der Waals surface area contributed by atoms with Gasteiger partial charge in [0.1, 0.15) is 0 Å². The van der Waals surface area contributed by atoms with Gasteiger partial charge in [-0.05, 0) is 18.9 Å². The van der Waals surface area contributed by atoms with E-state index in [1.165, 1.54) is 0 Å². The Morgan fingerprint density at radius 1 is 1.78 bits per heavy atom. The van der Waals surface area contributed by atoms with Crippen LogP contribution in [0.3, 0.4) is 0 Å². The molecule has 0 aliphatic heterocycles. The zero-order chi connectivity index (χ0) is 6.69. The molecule has 0 bridgehead atoms. The molecule has 1 atom stereocenters. The highest BCUT2D eigenvalue weighted by Gasteiger charge is 1.93. The standard InChI is InChI=1S/C7H11N2/c1-7(2)6-9-5-3-4-8-9/h3-5,7H,1,6H2,2H3. The number of rotatable bonds is 2. The van der Waals surface area contributed by atoms with E-state index in [-0.39, 0.29) is 0 Å². The Labute approximate surface area is 55.5 Å². The fraction of sp³-hybridized carbons (Fsp3) is 0.429. The maximum atomic E-state index is 4.03. The van der Waals surface area contributed by atoms with E-state index in [0.29, 0.717) is 5.92 Å². The average molecular weight is 123 g/mol. The molecule has 0 aliphatic rings. The zero-order valence-corrected chi connectivity index (χ0v) is 5.62. The van der Waals surface area contributed by atoms with Crippen LogP contribution in [-0.4, -0.2) is 9.78 Å². The molecular weight excluding hydrogens is 112 g/mol. The van der Waals surface area contributed by atoms with Crippen LogP contribution in [-0.2, 0) is 6.54 Å². The second-order valence-electron chi connectivity index (χ2n) is 2.33. The Kier molecular flexibility index (Phi) is 1.88. The fourth-order valence-corrected chi connectivity index (χ4v) is 0.728. The van der Waals surface area contributed by atoms with Crippen LogP contribution in [0.2, 0.25) is 0 Å². The monoisotopic (exact) mass is 123 g/mol. The molecule has 0 spiro atoms. The highest BCUT2D eigenvalue weighted by Crippen LogP contribution is 1.94. The van der Waals surface area contributed by atoms with E-state index in [4.69, 9.17) is 0 Å². The first-order chi connectivity index (χ1) is 4.29. The molecule has 49 valence electrons. The van der Waals surface area contributed by atoms with Crippen molar-refractivity contribution in [2.24, 2.45) is 5.92 Å². The smallest absolute Gasteiger partial charge is 0.0489 e. The van der Waals surface area contributed by atoms with Crippen LogP contribution in [0.4, 0.5) is 0 Å². The average Bonchev–Trinajstić information content (AvgIpc) is 2.15. The second kappa shape index (κ2) is 2.67. The van der Waals surface area contributed by atoms with Crippen molar-refractivity contribution in [1.82, 2.24) is 9.78 Å². The van der Waals surface area contributed by atoms with E-state index >= 15 is 0 Å². The molecule has 2 heteroatoms. The maximum absolute atomic E-state index is 4.03. The normalized spacial score (nSPS) is 10.6. The van der Waals surface area contributed by atoms with Crippen LogP contribution in [0, 0.1) is 12.8 Å². The third-order valence-electron chi connectivity index (χ3n) is 1.06. The molecule has 1 aromatic heterocycles. The van der Waals surface area contributed by atoms with Gasteiger partial charge in [-0.1, -0.05) is 6.92 Å². The van der Waals surface area contributed by atoms with Gasteiger partial charge in [0, 0.05) is 18.9 Å². The van der Waals surface area contributed by atoms with E-state index in [1.54, 1.807) is 6.20 Å². The van der Waals surface area contributed by atoms with Crippen molar-refractivity contribution in [3.8, 4) is 0 Å². The zero-order valence-electron chi connectivity index (χ0n) is 5.62. The number of aromatic nitrogens is 2. The van der Waals surface area contributed by atoms with Crippen molar-refractivity contribution < 1.29 is 0 Å². The van der Waals surface area contributed by atoms with Crippen LogP contribution >= 0.6 is 0 Å². The lowest BCUT2D eigenvalue weighted by Crippen LogP contribution is -2.04. The van der Waals surface area contributed by atoms with E-state index < -0.39 is 0 Å². The Morgan fingerprint density at radius 3 is 3.00 bits per heavy atom. The molecule has 0 saturated heterocycles. The first kappa shape index (κ1) is 6.33. The van der Waals surface area contributed by atoms with Crippen molar-refractivity contribution in [2.45, 2.75) is 13.5 Å². The third kappa shape index (κ3) is 1.88. The Morgan fingerprint density at radius 2 is 2.56 bits per heavy atom. The van der Waals surface area contributed by atoms with Crippen LogP contribution in [0.5, 0.6) is 0 Å². The van der Waals surface area contributed by atoms with Crippen molar-refractivity contribution in [3.05, 3.63) is 25.4 Å². The summed E-state index contributed by atoms with van der Waals surface area (Å²) in [7, 11) is 0. The van der Waals surface area contributed by atoms with E-state index in [1.807, 2.05) is 16.9 Å². The summed E-state index contributed by atoms with van der Waals surface area (Å²) in [5, 5.41) is 4.03. The molecule has 1 rings (SSSR count). The molecule has 2 nitrogen and oxygen atoms in total. The molecule has 0 N–H and O–H groups in total. The SMILES string of the molecule is [CH2]C(C)Cn1cccn1. The number of hydrogen-bond donors (Lipinski definition) is 0. The highest BCUT2D eigenvalue weighted by molar-refractivity contribution is 4.78. The largest absolute Gasteiger partial charge is 0.272 e. The summed E-state index contributed by atoms with van der Waals surface area (Å²) in [6, 6.07) is 1.92. The van der Waals surface area contributed by atoms with Crippen LogP contribution < -0.4 is 0 Å². The Balaban J connectivity index is 2.48. The van der Waals surface area contributed by atoms with Crippen molar-refractivity contribution in [3.63, 3.8) is 0 Å². The minimum atomic E-state index is 0.435. The number of nitrogens with zero attached hydrogens (tertiary/aromatic N) is 2. The third-order valence-corrected chi connectivity index (χ3v) is 1.06. The summed E-state index contributed by atoms with van der Waals surface area (Å²) in [5.41, 5.74) is 0. The minimum Gasteiger partial charge on any atom is -0.272 e. The Hall–Kier alpha value is -0.790. The van der Waals surface area contributed by atoms with E-state index in [9.17, 15) is 0 Å². The summed E-state index contributed by atoms with van der Waals surface area (Å²) in [5.74, 6) is 0.435. The first-order valence-electron chi connectivity index (χ1n) is 3.09. The lowest BCUT2D eigenvalue weighted by Gasteiger charge is -2.02. The van der Waals surface area contributed by atoms with Crippen molar-refractivity contribution in [1.29, 1.82) is 0 Å². The lowest BCUT2D eigenvalue weighted by atomic mass is 10.2. The Bertz CT molecular complexity index is 153. The van der Waals surface area contributed by atoms with Gasteiger partial charge in [0.2, 0.25) is 0 Å². The molecule has 9 heavy (non-hydrogen) atoms. The quantitative estimate of drug-likeness (QED) is 0.580. The second-order valence-corrected chi connectivity index (χ2v) is 2.33. The van der Waals surface area contributed by atoms with Gasteiger partial charge >= 0.3 is 0 Å². The molecule has 0 saturated carbocycles. The maximum Gasteiger partial charge on any atom is 0.0489 e. The van der Waals surface area contributed by atoms with Gasteiger partial charge in [0.25, 0.3) is 0 Å². The van der Waals surface area contributed by atoms with E-state index in [2.05, 4.69) is 18.9 Å². The molecule has 0 amide bonds. The summed E-state index contributed by atoms with van der Waals surface area (Å²) in [6.45, 7) is 6.83. The predicted molar refractivity (Wildman–Crippen MR) is 36.7 cm³/mol. The van der Waals surface area contributed by atoms with E-state index in [0.717, 1.165) is 6.54 Å². The summed E-state index contributed by atoms with van der Waals surface area (Å²) >= 11 is 0. The topological polar surface area (TPSA) is 17.8 Å². The summed E-state index contributed by atoms with van der Waals surface area (Å²) in [6.07, 6.45) is 3.73. The van der Waals surface area contributed by atoms with Crippen molar-refractivity contribution in [2.75, 3.05) is 0 Å². The van der Waals surface area contributed by atoms with Crippen LogP contribution in [0.1, 0.15) is 6.92 Å². The summed E-state index contributed by atoms with van der Waals surface area (Å²) < 4.78 is 1.89. The molecule has 1 aromatic rings. The molecule has 1 heterocycles. The minimum absolute atomic E-state index is 0.435. The van der Waals surface area contributed by atoms with Crippen LogP contribution in [0.15, 0.2) is 18.5 Å². The van der Waals surface area contributed by atoms with Gasteiger partial charge in [0.05, 0.1) is 0 Å². The van der Waals surface area contributed by atoms with Gasteiger partial charge in [-0.3, -0.25) is 4.68 Å². The first-order valence-corrected chi connectivity index (χ1v) is 3.09.